The largest absolute Gasteiger partial charge is 0.482 e. The Morgan fingerprint density at radius 2 is 1.71 bits per heavy atom. The van der Waals surface area contributed by atoms with Crippen LogP contribution in [-0.2, 0) is 19.6 Å². The van der Waals surface area contributed by atoms with Crippen molar-refractivity contribution in [3.8, 4) is 5.75 Å². The summed E-state index contributed by atoms with van der Waals surface area (Å²) in [7, 11) is -3.48. The Bertz CT molecular complexity index is 1050. The molecule has 4 rings (SSSR count). The summed E-state index contributed by atoms with van der Waals surface area (Å²) in [5, 5.41) is 2.89. The summed E-state index contributed by atoms with van der Waals surface area (Å²) in [5.41, 5.74) is 0.591. The van der Waals surface area contributed by atoms with Crippen molar-refractivity contribution in [2.24, 2.45) is 5.92 Å². The molecular weight excluding hydrogens is 418 g/mol. The third-order valence-corrected chi connectivity index (χ3v) is 7.57. The van der Waals surface area contributed by atoms with Gasteiger partial charge in [-0.25, -0.2) is 8.42 Å². The maximum absolute atomic E-state index is 12.7. The number of fused-ring (bicyclic) bond motifs is 1. The van der Waals surface area contributed by atoms with Crippen LogP contribution >= 0.6 is 0 Å². The lowest BCUT2D eigenvalue weighted by atomic mass is 9.98. The number of nitrogens with zero attached hydrogens (tertiary/aromatic N) is 2. The number of benzene rings is 2. The molecule has 0 aromatic heterocycles. The van der Waals surface area contributed by atoms with E-state index in [1.165, 1.54) is 9.21 Å². The summed E-state index contributed by atoms with van der Waals surface area (Å²) < 4.78 is 32.3. The highest BCUT2D eigenvalue weighted by molar-refractivity contribution is 7.89. The zero-order valence-electron chi connectivity index (χ0n) is 17.1. The quantitative estimate of drug-likeness (QED) is 0.732. The molecule has 31 heavy (non-hydrogen) atoms. The molecule has 164 valence electrons. The smallest absolute Gasteiger partial charge is 0.265 e. The van der Waals surface area contributed by atoms with Crippen molar-refractivity contribution in [1.29, 1.82) is 0 Å². The monoisotopic (exact) mass is 443 g/mol. The molecule has 2 aliphatic rings. The van der Waals surface area contributed by atoms with Crippen molar-refractivity contribution < 1.29 is 22.7 Å². The van der Waals surface area contributed by atoms with Gasteiger partial charge in [-0.3, -0.25) is 14.5 Å². The van der Waals surface area contributed by atoms with E-state index in [-0.39, 0.29) is 30.9 Å². The van der Waals surface area contributed by atoms with E-state index in [0.29, 0.717) is 48.8 Å². The number of amides is 2. The first kappa shape index (κ1) is 21.3. The lowest BCUT2D eigenvalue weighted by Gasteiger charge is -2.32. The summed E-state index contributed by atoms with van der Waals surface area (Å²) in [5.74, 6) is 0.276. The Balaban J connectivity index is 1.28. The van der Waals surface area contributed by atoms with Gasteiger partial charge in [-0.05, 0) is 43.0 Å². The average Bonchev–Trinajstić information content (AvgIpc) is 2.80. The van der Waals surface area contributed by atoms with Crippen molar-refractivity contribution in [1.82, 2.24) is 9.62 Å². The minimum atomic E-state index is -3.48. The van der Waals surface area contributed by atoms with Gasteiger partial charge in [-0.1, -0.05) is 30.3 Å². The molecule has 0 aliphatic carbocycles. The van der Waals surface area contributed by atoms with Gasteiger partial charge in [0.15, 0.2) is 6.61 Å². The van der Waals surface area contributed by atoms with Crippen LogP contribution in [0.3, 0.4) is 0 Å². The summed E-state index contributed by atoms with van der Waals surface area (Å²) in [6.07, 6.45) is 1.34. The SMILES string of the molecule is O=C(CN1C(=O)COc2ccccc21)NCC1CCN(S(=O)(=O)c2ccccc2)CC1. The standard InChI is InChI=1S/C22H25N3O5S/c26-21(15-25-19-8-4-5-9-20(19)30-16-22(25)27)23-14-17-10-12-24(13-11-17)31(28,29)18-6-2-1-3-7-18/h1-9,17H,10-16H2,(H,23,26). The van der Waals surface area contributed by atoms with Crippen LogP contribution in [0.5, 0.6) is 5.75 Å². The lowest BCUT2D eigenvalue weighted by molar-refractivity contribution is -0.125. The van der Waals surface area contributed by atoms with Crippen LogP contribution in [0.2, 0.25) is 0 Å². The topological polar surface area (TPSA) is 96.0 Å². The zero-order valence-corrected chi connectivity index (χ0v) is 17.9. The van der Waals surface area contributed by atoms with E-state index in [9.17, 15) is 18.0 Å². The number of carbonyl (C=O) groups excluding carboxylic acids is 2. The number of carbonyl (C=O) groups is 2. The summed E-state index contributed by atoms with van der Waals surface area (Å²) >= 11 is 0. The molecule has 2 amide bonds. The fourth-order valence-electron chi connectivity index (χ4n) is 3.88. The summed E-state index contributed by atoms with van der Waals surface area (Å²) in [6, 6.07) is 15.6. The van der Waals surface area contributed by atoms with E-state index in [2.05, 4.69) is 5.32 Å². The van der Waals surface area contributed by atoms with E-state index in [4.69, 9.17) is 4.74 Å². The molecule has 2 aliphatic heterocycles. The Labute approximate surface area is 181 Å². The van der Waals surface area contributed by atoms with E-state index in [0.717, 1.165) is 0 Å². The molecule has 1 saturated heterocycles. The average molecular weight is 444 g/mol. The number of hydrogen-bond acceptors (Lipinski definition) is 5. The van der Waals surface area contributed by atoms with Crippen LogP contribution in [0.15, 0.2) is 59.5 Å². The van der Waals surface area contributed by atoms with Gasteiger partial charge in [-0.15, -0.1) is 0 Å². The molecule has 9 heteroatoms. The predicted octanol–water partition coefficient (Wildman–Crippen LogP) is 1.63. The fraction of sp³-hybridized carbons (Fsp3) is 0.364. The summed E-state index contributed by atoms with van der Waals surface area (Å²) in [6.45, 7) is 1.15. The normalized spacial score (nSPS) is 17.7. The van der Waals surface area contributed by atoms with Crippen molar-refractivity contribution in [3.63, 3.8) is 0 Å². The molecule has 0 bridgehead atoms. The highest BCUT2D eigenvalue weighted by Gasteiger charge is 2.30. The number of ether oxygens (including phenoxy) is 1. The van der Waals surface area contributed by atoms with Gasteiger partial charge in [0.2, 0.25) is 15.9 Å². The second-order valence-corrected chi connectivity index (χ2v) is 9.64. The Kier molecular flexibility index (Phi) is 6.24. The number of rotatable bonds is 6. The minimum absolute atomic E-state index is 0.0690. The first-order valence-electron chi connectivity index (χ1n) is 10.3. The van der Waals surface area contributed by atoms with Crippen LogP contribution in [-0.4, -0.2) is 57.3 Å². The molecule has 2 heterocycles. The summed E-state index contributed by atoms with van der Waals surface area (Å²) in [4.78, 5) is 26.4. The minimum Gasteiger partial charge on any atom is -0.482 e. The van der Waals surface area contributed by atoms with Gasteiger partial charge in [0.25, 0.3) is 5.91 Å². The van der Waals surface area contributed by atoms with Crippen LogP contribution in [0.25, 0.3) is 0 Å². The molecule has 2 aromatic carbocycles. The molecule has 0 spiro atoms. The molecule has 0 saturated carbocycles. The maximum atomic E-state index is 12.7. The third-order valence-electron chi connectivity index (χ3n) is 5.65. The van der Waals surface area contributed by atoms with Crippen LogP contribution < -0.4 is 15.0 Å². The number of anilines is 1. The van der Waals surface area contributed by atoms with Gasteiger partial charge < -0.3 is 10.1 Å². The third kappa shape index (κ3) is 4.72. The Hall–Kier alpha value is -2.91. The molecule has 0 atom stereocenters. The number of nitrogens with one attached hydrogen (secondary N) is 1. The van der Waals surface area contributed by atoms with E-state index >= 15 is 0 Å². The van der Waals surface area contributed by atoms with Gasteiger partial charge >= 0.3 is 0 Å². The van der Waals surface area contributed by atoms with Crippen molar-refractivity contribution in [2.45, 2.75) is 17.7 Å². The van der Waals surface area contributed by atoms with Gasteiger partial charge in [0.05, 0.1) is 10.6 Å². The second kappa shape index (κ2) is 9.07. The fourth-order valence-corrected chi connectivity index (χ4v) is 5.37. The predicted molar refractivity (Wildman–Crippen MR) is 115 cm³/mol. The molecular formula is C22H25N3O5S. The molecule has 0 unspecified atom stereocenters. The van der Waals surface area contributed by atoms with Gasteiger partial charge in [-0.2, -0.15) is 4.31 Å². The van der Waals surface area contributed by atoms with Crippen molar-refractivity contribution >= 4 is 27.5 Å². The van der Waals surface area contributed by atoms with E-state index in [1.54, 1.807) is 48.5 Å². The van der Waals surface area contributed by atoms with Crippen LogP contribution in [0.4, 0.5) is 5.69 Å². The van der Waals surface area contributed by atoms with Gasteiger partial charge in [0.1, 0.15) is 12.3 Å². The van der Waals surface area contributed by atoms with E-state index in [1.807, 2.05) is 6.07 Å². The highest BCUT2D eigenvalue weighted by atomic mass is 32.2. The molecule has 0 radical (unpaired) electrons. The maximum Gasteiger partial charge on any atom is 0.265 e. The zero-order chi connectivity index (χ0) is 21.8. The Morgan fingerprint density at radius 1 is 1.03 bits per heavy atom. The van der Waals surface area contributed by atoms with Crippen molar-refractivity contribution in [2.75, 3.05) is 37.7 Å². The number of piperidine rings is 1. The lowest BCUT2D eigenvalue weighted by Crippen LogP contribution is -2.46. The molecule has 2 aromatic rings. The first-order chi connectivity index (χ1) is 14.9. The molecule has 8 nitrogen and oxygen atoms in total. The van der Waals surface area contributed by atoms with Crippen LogP contribution in [0.1, 0.15) is 12.8 Å². The molecule has 1 N–H and O–H groups in total. The molecule has 1 fully saturated rings. The van der Waals surface area contributed by atoms with Crippen molar-refractivity contribution in [3.05, 3.63) is 54.6 Å². The van der Waals surface area contributed by atoms with Gasteiger partial charge in [0, 0.05) is 19.6 Å². The van der Waals surface area contributed by atoms with E-state index < -0.39 is 10.0 Å². The number of para-hydroxylation sites is 2. The van der Waals surface area contributed by atoms with Crippen LogP contribution in [0, 0.1) is 5.92 Å². The highest BCUT2D eigenvalue weighted by Crippen LogP contribution is 2.31. The Morgan fingerprint density at radius 3 is 2.45 bits per heavy atom. The number of sulfonamides is 1. The second-order valence-electron chi connectivity index (χ2n) is 7.70. The number of hydrogen-bond donors (Lipinski definition) is 1. The first-order valence-corrected chi connectivity index (χ1v) is 11.7.